The zero-order valence-electron chi connectivity index (χ0n) is 13.9. The van der Waals surface area contributed by atoms with Gasteiger partial charge in [-0.15, -0.1) is 0 Å². The normalized spacial score (nSPS) is 34.0. The van der Waals surface area contributed by atoms with Crippen LogP contribution in [0.5, 0.6) is 0 Å². The number of hydrogen-bond donors (Lipinski definition) is 1. The van der Waals surface area contributed by atoms with Gasteiger partial charge in [-0.1, -0.05) is 0 Å². The van der Waals surface area contributed by atoms with Crippen LogP contribution in [0.4, 0.5) is 26.3 Å². The molecular weight excluding hydrogens is 406 g/mol. The molecule has 4 fully saturated rings. The number of halogens is 6. The van der Waals surface area contributed by atoms with Gasteiger partial charge in [0.25, 0.3) is 10.1 Å². The van der Waals surface area contributed by atoms with E-state index >= 15 is 0 Å². The predicted molar refractivity (Wildman–Crippen MR) is 78.0 cm³/mol. The predicted octanol–water partition coefficient (Wildman–Crippen LogP) is 3.50. The second-order valence-corrected chi connectivity index (χ2v) is 9.59. The van der Waals surface area contributed by atoms with Crippen molar-refractivity contribution >= 4 is 16.1 Å². The number of hydrogen-bond acceptors (Lipinski definition) is 4. The molecule has 4 saturated carbocycles. The molecule has 4 rings (SSSR count). The Morgan fingerprint density at radius 3 is 1.59 bits per heavy atom. The summed E-state index contributed by atoms with van der Waals surface area (Å²) in [5.41, 5.74) is -6.77. The van der Waals surface area contributed by atoms with Crippen molar-refractivity contribution in [3.63, 3.8) is 0 Å². The Hall–Kier alpha value is -1.04. The average Bonchev–Trinajstić information content (AvgIpc) is 2.40. The molecule has 4 bridgehead atoms. The van der Waals surface area contributed by atoms with Gasteiger partial charge in [0.05, 0.1) is 5.41 Å². The van der Waals surface area contributed by atoms with E-state index in [1.54, 1.807) is 0 Å². The average molecular weight is 424 g/mol. The fraction of sp³-hybridized carbons (Fsp3) is 0.933. The van der Waals surface area contributed by atoms with Crippen LogP contribution in [0, 0.1) is 23.2 Å². The van der Waals surface area contributed by atoms with Crippen molar-refractivity contribution in [2.75, 3.05) is 5.75 Å². The van der Waals surface area contributed by atoms with Gasteiger partial charge in [0.15, 0.2) is 0 Å². The fourth-order valence-electron chi connectivity index (χ4n) is 5.35. The van der Waals surface area contributed by atoms with Crippen molar-refractivity contribution in [2.45, 2.75) is 56.5 Å². The van der Waals surface area contributed by atoms with E-state index in [2.05, 4.69) is 4.74 Å². The zero-order valence-corrected chi connectivity index (χ0v) is 14.8. The number of carbonyl (C=O) groups is 1. The summed E-state index contributed by atoms with van der Waals surface area (Å²) < 4.78 is 115. The maximum absolute atomic E-state index is 13.4. The summed E-state index contributed by atoms with van der Waals surface area (Å²) in [5, 5.41) is 0. The highest BCUT2D eigenvalue weighted by Gasteiger charge is 2.76. The van der Waals surface area contributed by atoms with Gasteiger partial charge in [-0.2, -0.15) is 34.8 Å². The summed E-state index contributed by atoms with van der Waals surface area (Å²) >= 11 is 0. The van der Waals surface area contributed by atoms with Crippen molar-refractivity contribution in [1.29, 1.82) is 0 Å². The number of alkyl halides is 6. The maximum Gasteiger partial charge on any atom is 0.438 e. The van der Waals surface area contributed by atoms with Crippen LogP contribution < -0.4 is 0 Å². The first-order valence-corrected chi connectivity index (χ1v) is 10.00. The molecule has 0 spiro atoms. The van der Waals surface area contributed by atoms with Crippen LogP contribution in [0.3, 0.4) is 0 Å². The highest BCUT2D eigenvalue weighted by molar-refractivity contribution is 7.85. The van der Waals surface area contributed by atoms with Gasteiger partial charge in [0, 0.05) is 0 Å². The van der Waals surface area contributed by atoms with Crippen LogP contribution in [-0.4, -0.2) is 42.6 Å². The molecule has 1 N–H and O–H groups in total. The third-order valence-corrected chi connectivity index (χ3v) is 6.81. The molecule has 5 nitrogen and oxygen atoms in total. The largest absolute Gasteiger partial charge is 0.438 e. The van der Waals surface area contributed by atoms with Gasteiger partial charge < -0.3 is 4.74 Å². The highest BCUT2D eigenvalue weighted by atomic mass is 32.2. The monoisotopic (exact) mass is 424 g/mol. The molecule has 156 valence electrons. The van der Waals surface area contributed by atoms with Crippen LogP contribution in [-0.2, 0) is 19.6 Å². The van der Waals surface area contributed by atoms with Gasteiger partial charge in [-0.25, -0.2) is 0 Å². The molecular formula is C15H18F6O5S. The van der Waals surface area contributed by atoms with Crippen molar-refractivity contribution in [2.24, 2.45) is 23.2 Å². The summed E-state index contributed by atoms with van der Waals surface area (Å²) in [7, 11) is -5.77. The van der Waals surface area contributed by atoms with Crippen molar-refractivity contribution < 1.29 is 48.8 Å². The van der Waals surface area contributed by atoms with Crippen LogP contribution in [0.1, 0.15) is 38.5 Å². The third-order valence-electron chi connectivity index (χ3n) is 6.04. The summed E-state index contributed by atoms with van der Waals surface area (Å²) in [5.74, 6) is -4.39. The Balaban J connectivity index is 1.98. The minimum atomic E-state index is -6.28. The van der Waals surface area contributed by atoms with Gasteiger partial charge in [0.1, 0.15) is 5.75 Å². The Kier molecular flexibility index (Phi) is 4.58. The molecule has 0 heterocycles. The van der Waals surface area contributed by atoms with Crippen molar-refractivity contribution in [3.05, 3.63) is 0 Å². The molecule has 0 saturated heterocycles. The molecule has 0 aromatic rings. The molecule has 0 aromatic carbocycles. The molecule has 0 aliphatic heterocycles. The highest BCUT2D eigenvalue weighted by Crippen LogP contribution is 2.61. The van der Waals surface area contributed by atoms with E-state index in [4.69, 9.17) is 4.55 Å². The molecule has 0 amide bonds. The number of carbonyl (C=O) groups excluding carboxylic acids is 1. The van der Waals surface area contributed by atoms with Gasteiger partial charge in [-0.05, 0) is 56.3 Å². The van der Waals surface area contributed by atoms with E-state index in [0.29, 0.717) is 0 Å². The molecule has 27 heavy (non-hydrogen) atoms. The van der Waals surface area contributed by atoms with E-state index in [1.165, 1.54) is 0 Å². The first-order chi connectivity index (χ1) is 12.1. The second kappa shape index (κ2) is 5.98. The van der Waals surface area contributed by atoms with Crippen LogP contribution >= 0.6 is 0 Å². The zero-order chi connectivity index (χ0) is 20.5. The molecule has 0 unspecified atom stereocenters. The SMILES string of the molecule is O=C(OC(CS(=O)(=O)O)(C(F)(F)F)C(F)(F)F)C12CC3CC(CC(C3)C1)C2. The smallest absolute Gasteiger partial charge is 0.438 e. The van der Waals surface area contributed by atoms with Crippen LogP contribution in [0.15, 0.2) is 0 Å². The molecule has 4 aliphatic rings. The van der Waals surface area contributed by atoms with E-state index in [1.807, 2.05) is 0 Å². The molecule has 12 heteroatoms. The molecule has 4 aliphatic carbocycles. The van der Waals surface area contributed by atoms with Gasteiger partial charge in [-0.3, -0.25) is 9.35 Å². The lowest BCUT2D eigenvalue weighted by molar-refractivity contribution is -0.364. The number of rotatable bonds is 4. The minimum absolute atomic E-state index is 0.0385. The first-order valence-electron chi connectivity index (χ1n) is 8.39. The van der Waals surface area contributed by atoms with Gasteiger partial charge >= 0.3 is 23.9 Å². The van der Waals surface area contributed by atoms with E-state index < -0.39 is 45.2 Å². The standard InChI is InChI=1S/C15H18F6O5S/c16-14(17,18)13(15(19,20)21,7-27(23,24)25)26-11(22)12-4-8-1-9(5-12)3-10(2-8)6-12/h8-10H,1-7H2,(H,23,24,25). The second-order valence-electron chi connectivity index (χ2n) is 8.14. The Morgan fingerprint density at radius 1 is 0.926 bits per heavy atom. The van der Waals surface area contributed by atoms with Crippen LogP contribution in [0.2, 0.25) is 0 Å². The number of ether oxygens (including phenoxy) is 1. The van der Waals surface area contributed by atoms with Crippen molar-refractivity contribution in [3.8, 4) is 0 Å². The first kappa shape index (κ1) is 20.7. The lowest BCUT2D eigenvalue weighted by Crippen LogP contribution is -2.65. The van der Waals surface area contributed by atoms with E-state index in [9.17, 15) is 39.6 Å². The van der Waals surface area contributed by atoms with Crippen LogP contribution in [0.25, 0.3) is 0 Å². The van der Waals surface area contributed by atoms with Gasteiger partial charge in [0.2, 0.25) is 0 Å². The lowest BCUT2D eigenvalue weighted by atomic mass is 9.49. The summed E-state index contributed by atoms with van der Waals surface area (Å²) in [6.45, 7) is 0. The van der Waals surface area contributed by atoms with E-state index in [0.717, 1.165) is 19.3 Å². The van der Waals surface area contributed by atoms with E-state index in [-0.39, 0.29) is 37.0 Å². The Morgan fingerprint density at radius 2 is 1.30 bits per heavy atom. The lowest BCUT2D eigenvalue weighted by Gasteiger charge is -2.55. The maximum atomic E-state index is 13.4. The minimum Gasteiger partial charge on any atom is -0.438 e. The number of esters is 1. The Bertz CT molecular complexity index is 677. The van der Waals surface area contributed by atoms with Crippen molar-refractivity contribution in [1.82, 2.24) is 0 Å². The molecule has 0 radical (unpaired) electrons. The molecule has 0 atom stereocenters. The Labute approximate surface area is 151 Å². The summed E-state index contributed by atoms with van der Waals surface area (Å²) in [6.07, 6.45) is -9.82. The fourth-order valence-corrected chi connectivity index (χ4v) is 6.25. The molecule has 0 aromatic heterocycles. The quantitative estimate of drug-likeness (QED) is 0.425. The third kappa shape index (κ3) is 3.54. The topological polar surface area (TPSA) is 80.7 Å². The summed E-state index contributed by atoms with van der Waals surface area (Å²) in [4.78, 5) is 12.6. The summed E-state index contributed by atoms with van der Waals surface area (Å²) in [6, 6.07) is 0.